The number of carboxylic acids is 2. The van der Waals surface area contributed by atoms with Crippen LogP contribution in [-0.2, 0) is 19.1 Å². The molecule has 0 aromatic carbocycles. The van der Waals surface area contributed by atoms with E-state index in [-0.39, 0.29) is 12.3 Å². The largest absolute Gasteiger partial charge is 0.481 e. The molecule has 26 heavy (non-hydrogen) atoms. The summed E-state index contributed by atoms with van der Waals surface area (Å²) in [6, 6.07) is 0. The number of carboxylic acid groups (broad SMARTS) is 2. The van der Waals surface area contributed by atoms with Crippen molar-refractivity contribution in [3.8, 4) is 0 Å². The van der Waals surface area contributed by atoms with Crippen LogP contribution in [-0.4, -0.2) is 44.4 Å². The zero-order chi connectivity index (χ0) is 18.7. The van der Waals surface area contributed by atoms with Crippen LogP contribution in [0.4, 0.5) is 0 Å². The van der Waals surface area contributed by atoms with Gasteiger partial charge in [0.15, 0.2) is 5.41 Å². The van der Waals surface area contributed by atoms with Gasteiger partial charge in [-0.25, -0.2) is 0 Å². The molecule has 1 heterocycles. The Morgan fingerprint density at radius 3 is 2.69 bits per heavy atom. The van der Waals surface area contributed by atoms with E-state index >= 15 is 0 Å². The van der Waals surface area contributed by atoms with Gasteiger partial charge in [-0.3, -0.25) is 14.4 Å². The van der Waals surface area contributed by atoms with Crippen LogP contribution >= 0.6 is 0 Å². The molecule has 7 nitrogen and oxygen atoms in total. The molecule has 1 saturated heterocycles. The number of ether oxygens (including phenoxy) is 1. The van der Waals surface area contributed by atoms with Gasteiger partial charge < -0.3 is 20.1 Å². The van der Waals surface area contributed by atoms with Crippen LogP contribution in [0, 0.1) is 28.6 Å². The highest BCUT2D eigenvalue weighted by atomic mass is 16.6. The lowest BCUT2D eigenvalue weighted by Gasteiger charge is -2.45. The van der Waals surface area contributed by atoms with Gasteiger partial charge in [-0.05, 0) is 36.7 Å². The molecule has 0 aromatic heterocycles. The van der Waals surface area contributed by atoms with Gasteiger partial charge >= 0.3 is 17.9 Å². The average Bonchev–Trinajstić information content (AvgIpc) is 2.94. The smallest absolute Gasteiger partial charge is 0.328 e. The summed E-state index contributed by atoms with van der Waals surface area (Å²) in [5, 5.41) is 31.0. The molecule has 1 aliphatic heterocycles. The number of fused-ring (bicyclic) bond motifs is 1. The van der Waals surface area contributed by atoms with Gasteiger partial charge in [-0.15, -0.1) is 0 Å². The minimum absolute atomic E-state index is 0.242. The molecule has 0 amide bonds. The Kier molecular flexibility index (Phi) is 2.61. The van der Waals surface area contributed by atoms with E-state index in [0.29, 0.717) is 31.3 Å². The fourth-order valence-corrected chi connectivity index (χ4v) is 7.23. The molecule has 1 spiro atoms. The van der Waals surface area contributed by atoms with Crippen LogP contribution in [0.25, 0.3) is 0 Å². The molecule has 5 aliphatic rings. The molecule has 7 heteroatoms. The molecular formula is C19H20O7. The van der Waals surface area contributed by atoms with Crippen LogP contribution in [0.1, 0.15) is 32.1 Å². The second-order valence-electron chi connectivity index (χ2n) is 8.73. The Morgan fingerprint density at radius 2 is 2.04 bits per heavy atom. The van der Waals surface area contributed by atoms with E-state index < -0.39 is 51.8 Å². The quantitative estimate of drug-likeness (QED) is 0.383. The lowest BCUT2D eigenvalue weighted by atomic mass is 9.61. The monoisotopic (exact) mass is 360 g/mol. The summed E-state index contributed by atoms with van der Waals surface area (Å²) in [5.41, 5.74) is -4.41. The number of rotatable bonds is 2. The molecule has 0 aromatic rings. The minimum Gasteiger partial charge on any atom is -0.481 e. The summed E-state index contributed by atoms with van der Waals surface area (Å²) in [5.74, 6) is -5.69. The van der Waals surface area contributed by atoms with Gasteiger partial charge in [0.2, 0.25) is 0 Å². The first kappa shape index (κ1) is 16.1. The van der Waals surface area contributed by atoms with Gasteiger partial charge in [-0.2, -0.15) is 0 Å². The molecule has 3 N–H and O–H groups in total. The van der Waals surface area contributed by atoms with Gasteiger partial charge in [-0.1, -0.05) is 18.7 Å². The van der Waals surface area contributed by atoms with Crippen molar-refractivity contribution in [3.05, 3.63) is 24.3 Å². The van der Waals surface area contributed by atoms with Crippen molar-refractivity contribution in [2.45, 2.75) is 43.3 Å². The number of hydrogen-bond donors (Lipinski definition) is 3. The Labute approximate surface area is 149 Å². The van der Waals surface area contributed by atoms with E-state index in [1.54, 1.807) is 6.08 Å². The van der Waals surface area contributed by atoms with Crippen molar-refractivity contribution in [1.82, 2.24) is 0 Å². The molecule has 4 fully saturated rings. The van der Waals surface area contributed by atoms with E-state index in [1.807, 2.05) is 0 Å². The van der Waals surface area contributed by atoms with Gasteiger partial charge in [0, 0.05) is 18.3 Å². The third kappa shape index (κ3) is 1.35. The predicted molar refractivity (Wildman–Crippen MR) is 85.7 cm³/mol. The molecular weight excluding hydrogens is 340 g/mol. The lowest BCUT2D eigenvalue weighted by Crippen LogP contribution is -2.49. The molecule has 138 valence electrons. The molecule has 4 bridgehead atoms. The van der Waals surface area contributed by atoms with Gasteiger partial charge in [0.05, 0.1) is 11.5 Å². The molecule has 3 saturated carbocycles. The minimum atomic E-state index is -1.96. The predicted octanol–water partition coefficient (Wildman–Crippen LogP) is 1.12. The maximum Gasteiger partial charge on any atom is 0.328 e. The number of aliphatic carboxylic acids is 2. The van der Waals surface area contributed by atoms with E-state index in [9.17, 15) is 29.7 Å². The van der Waals surface area contributed by atoms with Crippen molar-refractivity contribution in [3.63, 3.8) is 0 Å². The Bertz CT molecular complexity index is 830. The summed E-state index contributed by atoms with van der Waals surface area (Å²) < 4.78 is 5.77. The third-order valence-corrected chi connectivity index (χ3v) is 7.98. The highest BCUT2D eigenvalue weighted by Gasteiger charge is 2.84. The Balaban J connectivity index is 1.79. The van der Waals surface area contributed by atoms with Crippen molar-refractivity contribution in [1.29, 1.82) is 0 Å². The number of hydrogen-bond acceptors (Lipinski definition) is 5. The summed E-state index contributed by atoms with van der Waals surface area (Å²) in [6.45, 7) is 3.98. The third-order valence-electron chi connectivity index (χ3n) is 7.98. The van der Waals surface area contributed by atoms with Crippen LogP contribution in [0.15, 0.2) is 24.3 Å². The van der Waals surface area contributed by atoms with E-state index in [1.165, 1.54) is 6.08 Å². The average molecular weight is 360 g/mol. The Hall–Kier alpha value is -2.15. The highest BCUT2D eigenvalue weighted by Crippen LogP contribution is 2.77. The van der Waals surface area contributed by atoms with Crippen molar-refractivity contribution < 1.29 is 34.4 Å². The number of carbonyl (C=O) groups is 3. The first-order valence-electron chi connectivity index (χ1n) is 8.92. The number of carbonyl (C=O) groups excluding carboxylic acids is 1. The van der Waals surface area contributed by atoms with E-state index in [0.717, 1.165) is 0 Å². The summed E-state index contributed by atoms with van der Waals surface area (Å²) in [7, 11) is 0. The molecule has 4 aliphatic carbocycles. The maximum absolute atomic E-state index is 12.7. The molecule has 0 unspecified atom stereocenters. The topological polar surface area (TPSA) is 121 Å². The molecule has 0 radical (unpaired) electrons. The SMILES string of the molecule is C=C1C[C@]23C[C@@]1(O)CC[C@H]2[C@@]12CC=C[C@@](C(=O)O)(C(=O)O1)[C@H]2[C@@H]3C(=O)O. The fourth-order valence-electron chi connectivity index (χ4n) is 7.23. The van der Waals surface area contributed by atoms with Crippen molar-refractivity contribution in [2.75, 3.05) is 0 Å². The first-order valence-corrected chi connectivity index (χ1v) is 8.92. The fraction of sp³-hybridized carbons (Fsp3) is 0.632. The second-order valence-corrected chi connectivity index (χ2v) is 8.73. The first-order chi connectivity index (χ1) is 12.1. The van der Waals surface area contributed by atoms with Crippen LogP contribution in [0.2, 0.25) is 0 Å². The highest BCUT2D eigenvalue weighted by molar-refractivity contribution is 6.05. The van der Waals surface area contributed by atoms with Crippen molar-refractivity contribution >= 4 is 17.9 Å². The summed E-state index contributed by atoms with van der Waals surface area (Å²) >= 11 is 0. The second kappa shape index (κ2) is 4.22. The van der Waals surface area contributed by atoms with Crippen molar-refractivity contribution in [2.24, 2.45) is 28.6 Å². The van der Waals surface area contributed by atoms with E-state index in [4.69, 9.17) is 4.74 Å². The van der Waals surface area contributed by atoms with Gasteiger partial charge in [0.1, 0.15) is 5.60 Å². The van der Waals surface area contributed by atoms with E-state index in [2.05, 4.69) is 6.58 Å². The standard InChI is InChI=1S/C19H20O7/c1-9-7-16-8-17(9,25)6-3-10(16)19-5-2-4-18(14(22)23,15(24)26-19)12(19)11(16)13(20)21/h2,4,10-12,25H,1,3,5-8H2,(H,20,21)(H,22,23)/t10-,11-,12-,16+,17+,18-,19-/m1/s1. The Morgan fingerprint density at radius 1 is 1.31 bits per heavy atom. The molecule has 7 atom stereocenters. The number of esters is 1. The lowest BCUT2D eigenvalue weighted by molar-refractivity contribution is -0.167. The normalized spacial score (nSPS) is 53.2. The zero-order valence-corrected chi connectivity index (χ0v) is 14.1. The maximum atomic E-state index is 12.7. The molecule has 5 rings (SSSR count). The number of aliphatic hydroxyl groups is 1. The van der Waals surface area contributed by atoms with Crippen LogP contribution in [0.3, 0.4) is 0 Å². The van der Waals surface area contributed by atoms with Crippen LogP contribution < -0.4 is 0 Å². The van der Waals surface area contributed by atoms with Crippen LogP contribution in [0.5, 0.6) is 0 Å². The van der Waals surface area contributed by atoms with Gasteiger partial charge in [0.25, 0.3) is 0 Å². The summed E-state index contributed by atoms with van der Waals surface area (Å²) in [6.07, 6.45) is 4.79. The summed E-state index contributed by atoms with van der Waals surface area (Å²) in [4.78, 5) is 37.3. The zero-order valence-electron chi connectivity index (χ0n) is 14.1.